The average molecular weight is 406 g/mol. The predicted molar refractivity (Wildman–Crippen MR) is 109 cm³/mol. The van der Waals surface area contributed by atoms with Crippen LogP contribution >= 0.6 is 11.6 Å². The largest absolute Gasteiger partial charge is 0.496 e. The van der Waals surface area contributed by atoms with Crippen molar-refractivity contribution in [3.63, 3.8) is 0 Å². The van der Waals surface area contributed by atoms with E-state index < -0.39 is 0 Å². The fraction of sp³-hybridized carbons (Fsp3) is 0.421. The van der Waals surface area contributed by atoms with Crippen LogP contribution in [0.2, 0.25) is 5.02 Å². The van der Waals surface area contributed by atoms with Crippen LogP contribution in [0.25, 0.3) is 0 Å². The SMILES string of the molecule is COc1ccc(Cl)cc1C(=O)NCCNc1cc(N2CCOCC2)nc(C)n1. The molecule has 1 saturated heterocycles. The first kappa shape index (κ1) is 20.2. The van der Waals surface area contributed by atoms with E-state index in [9.17, 15) is 4.79 Å². The van der Waals surface area contributed by atoms with Crippen molar-refractivity contribution in [3.8, 4) is 5.75 Å². The topological polar surface area (TPSA) is 88.6 Å². The number of nitrogens with one attached hydrogen (secondary N) is 2. The van der Waals surface area contributed by atoms with Crippen molar-refractivity contribution < 1.29 is 14.3 Å². The van der Waals surface area contributed by atoms with Gasteiger partial charge in [-0.25, -0.2) is 9.97 Å². The number of hydrogen-bond acceptors (Lipinski definition) is 7. The van der Waals surface area contributed by atoms with Gasteiger partial charge >= 0.3 is 0 Å². The fourth-order valence-electron chi connectivity index (χ4n) is 2.92. The number of hydrogen-bond donors (Lipinski definition) is 2. The normalized spacial score (nSPS) is 13.9. The van der Waals surface area contributed by atoms with E-state index in [2.05, 4.69) is 25.5 Å². The zero-order chi connectivity index (χ0) is 19.9. The summed E-state index contributed by atoms with van der Waals surface area (Å²) in [6, 6.07) is 6.86. The second-order valence-electron chi connectivity index (χ2n) is 6.29. The molecular weight excluding hydrogens is 382 g/mol. The van der Waals surface area contributed by atoms with Crippen molar-refractivity contribution in [1.82, 2.24) is 15.3 Å². The third-order valence-electron chi connectivity index (χ3n) is 4.28. The second kappa shape index (κ2) is 9.57. The van der Waals surface area contributed by atoms with Crippen molar-refractivity contribution in [1.29, 1.82) is 0 Å². The summed E-state index contributed by atoms with van der Waals surface area (Å²) in [5.41, 5.74) is 0.405. The molecule has 28 heavy (non-hydrogen) atoms. The summed E-state index contributed by atoms with van der Waals surface area (Å²) in [5.74, 6) is 2.54. The lowest BCUT2D eigenvalue weighted by atomic mass is 10.2. The van der Waals surface area contributed by atoms with Gasteiger partial charge in [0, 0.05) is 37.3 Å². The highest BCUT2D eigenvalue weighted by atomic mass is 35.5. The molecule has 3 rings (SSSR count). The summed E-state index contributed by atoms with van der Waals surface area (Å²) in [5, 5.41) is 6.57. The second-order valence-corrected chi connectivity index (χ2v) is 6.72. The van der Waals surface area contributed by atoms with Gasteiger partial charge in [0.15, 0.2) is 0 Å². The van der Waals surface area contributed by atoms with Crippen LogP contribution in [0.1, 0.15) is 16.2 Å². The van der Waals surface area contributed by atoms with E-state index in [1.54, 1.807) is 18.2 Å². The van der Waals surface area contributed by atoms with E-state index in [1.807, 2.05) is 13.0 Å². The minimum atomic E-state index is -0.242. The van der Waals surface area contributed by atoms with E-state index >= 15 is 0 Å². The number of nitrogens with zero attached hydrogens (tertiary/aromatic N) is 3. The van der Waals surface area contributed by atoms with E-state index in [-0.39, 0.29) is 5.91 Å². The molecule has 0 bridgehead atoms. The average Bonchev–Trinajstić information content (AvgIpc) is 2.71. The summed E-state index contributed by atoms with van der Waals surface area (Å²) in [6.07, 6.45) is 0. The maximum absolute atomic E-state index is 12.4. The molecule has 0 saturated carbocycles. The van der Waals surface area contributed by atoms with Gasteiger partial charge in [-0.15, -0.1) is 0 Å². The number of ether oxygens (including phenoxy) is 2. The van der Waals surface area contributed by atoms with Crippen LogP contribution in [0.4, 0.5) is 11.6 Å². The van der Waals surface area contributed by atoms with Crippen LogP contribution in [-0.2, 0) is 4.74 Å². The minimum Gasteiger partial charge on any atom is -0.496 e. The predicted octanol–water partition coefficient (Wildman–Crippen LogP) is 2.13. The number of anilines is 2. The molecule has 1 amide bonds. The molecule has 0 radical (unpaired) electrons. The number of amides is 1. The van der Waals surface area contributed by atoms with Gasteiger partial charge in [-0.3, -0.25) is 4.79 Å². The summed E-state index contributed by atoms with van der Waals surface area (Å²) in [4.78, 5) is 23.5. The highest BCUT2D eigenvalue weighted by Crippen LogP contribution is 2.22. The van der Waals surface area contributed by atoms with Gasteiger partial charge in [-0.05, 0) is 25.1 Å². The Kier molecular flexibility index (Phi) is 6.89. The van der Waals surface area contributed by atoms with Crippen molar-refractivity contribution in [2.75, 3.05) is 56.7 Å². The highest BCUT2D eigenvalue weighted by Gasteiger charge is 2.15. The number of carbonyl (C=O) groups excluding carboxylic acids is 1. The third-order valence-corrected chi connectivity index (χ3v) is 4.52. The number of halogens is 1. The molecule has 0 unspecified atom stereocenters. The lowest BCUT2D eigenvalue weighted by molar-refractivity contribution is 0.0952. The van der Waals surface area contributed by atoms with Crippen molar-refractivity contribution >= 4 is 29.1 Å². The Hall–Kier alpha value is -2.58. The Balaban J connectivity index is 1.54. The van der Waals surface area contributed by atoms with E-state index in [0.29, 0.717) is 48.5 Å². The van der Waals surface area contributed by atoms with Gasteiger partial charge in [0.2, 0.25) is 0 Å². The molecule has 2 N–H and O–H groups in total. The summed E-state index contributed by atoms with van der Waals surface area (Å²) < 4.78 is 10.6. The van der Waals surface area contributed by atoms with Gasteiger partial charge in [-0.2, -0.15) is 0 Å². The zero-order valence-electron chi connectivity index (χ0n) is 16.0. The van der Waals surface area contributed by atoms with E-state index in [1.165, 1.54) is 7.11 Å². The van der Waals surface area contributed by atoms with Gasteiger partial charge in [0.1, 0.15) is 23.2 Å². The molecule has 1 aliphatic heterocycles. The highest BCUT2D eigenvalue weighted by molar-refractivity contribution is 6.31. The van der Waals surface area contributed by atoms with Crippen molar-refractivity contribution in [2.45, 2.75) is 6.92 Å². The number of carbonyl (C=O) groups is 1. The molecule has 2 heterocycles. The van der Waals surface area contributed by atoms with Crippen LogP contribution in [0, 0.1) is 6.92 Å². The monoisotopic (exact) mass is 405 g/mol. The summed E-state index contributed by atoms with van der Waals surface area (Å²) in [6.45, 7) is 5.83. The van der Waals surface area contributed by atoms with Crippen molar-refractivity contribution in [2.24, 2.45) is 0 Å². The van der Waals surface area contributed by atoms with Gasteiger partial charge < -0.3 is 25.0 Å². The molecule has 2 aromatic rings. The van der Waals surface area contributed by atoms with Gasteiger partial charge in [-0.1, -0.05) is 11.6 Å². The Bertz CT molecular complexity index is 827. The number of rotatable bonds is 7. The molecule has 1 aromatic carbocycles. The Morgan fingerprint density at radius 1 is 1.25 bits per heavy atom. The smallest absolute Gasteiger partial charge is 0.255 e. The maximum atomic E-state index is 12.4. The number of benzene rings is 1. The maximum Gasteiger partial charge on any atom is 0.255 e. The fourth-order valence-corrected chi connectivity index (χ4v) is 3.09. The minimum absolute atomic E-state index is 0.242. The molecule has 1 aromatic heterocycles. The number of aromatic nitrogens is 2. The molecule has 1 fully saturated rings. The van der Waals surface area contributed by atoms with Crippen LogP contribution in [0.15, 0.2) is 24.3 Å². The standard InChI is InChI=1S/C19H24ClN5O3/c1-13-23-17(12-18(24-13)25-7-9-28-10-8-25)21-5-6-22-19(26)15-11-14(20)3-4-16(15)27-2/h3-4,11-12H,5-10H2,1-2H3,(H,22,26)(H,21,23,24). The zero-order valence-corrected chi connectivity index (χ0v) is 16.8. The van der Waals surface area contributed by atoms with Gasteiger partial charge in [0.25, 0.3) is 5.91 Å². The van der Waals surface area contributed by atoms with E-state index in [4.69, 9.17) is 21.1 Å². The van der Waals surface area contributed by atoms with E-state index in [0.717, 1.165) is 24.7 Å². The van der Waals surface area contributed by atoms with Crippen LogP contribution in [0.3, 0.4) is 0 Å². The molecule has 1 aliphatic rings. The number of aryl methyl sites for hydroxylation is 1. The summed E-state index contributed by atoms with van der Waals surface area (Å²) >= 11 is 5.98. The first-order valence-electron chi connectivity index (χ1n) is 9.11. The number of morpholine rings is 1. The molecule has 9 heteroatoms. The quantitative estimate of drug-likeness (QED) is 0.682. The molecule has 0 spiro atoms. The van der Waals surface area contributed by atoms with Gasteiger partial charge in [0.05, 0.1) is 25.9 Å². The van der Waals surface area contributed by atoms with Crippen LogP contribution in [-0.4, -0.2) is 62.4 Å². The Morgan fingerprint density at radius 3 is 2.79 bits per heavy atom. The number of methoxy groups -OCH3 is 1. The molecule has 8 nitrogen and oxygen atoms in total. The van der Waals surface area contributed by atoms with Crippen LogP contribution in [0.5, 0.6) is 5.75 Å². The molecular formula is C19H24ClN5O3. The molecule has 0 atom stereocenters. The third kappa shape index (κ3) is 5.24. The van der Waals surface area contributed by atoms with Crippen LogP contribution < -0.4 is 20.3 Å². The Labute approximate surface area is 169 Å². The first-order chi connectivity index (χ1) is 13.6. The Morgan fingerprint density at radius 2 is 2.04 bits per heavy atom. The molecule has 0 aliphatic carbocycles. The molecule has 150 valence electrons. The van der Waals surface area contributed by atoms with Crippen molar-refractivity contribution in [3.05, 3.63) is 40.7 Å². The lowest BCUT2D eigenvalue weighted by Crippen LogP contribution is -2.37. The summed E-state index contributed by atoms with van der Waals surface area (Å²) in [7, 11) is 1.52. The lowest BCUT2D eigenvalue weighted by Gasteiger charge is -2.28. The first-order valence-corrected chi connectivity index (χ1v) is 9.48.